The molecule has 0 aromatic heterocycles. The molecule has 0 amide bonds. The lowest BCUT2D eigenvalue weighted by atomic mass is 10.1. The van der Waals surface area contributed by atoms with Crippen LogP contribution in [0.3, 0.4) is 0 Å². The Hall–Kier alpha value is -1.51. The monoisotopic (exact) mass is 275 g/mol. The van der Waals surface area contributed by atoms with Crippen LogP contribution in [-0.2, 0) is 6.54 Å². The van der Waals surface area contributed by atoms with E-state index in [1.165, 1.54) is 11.1 Å². The molecule has 0 radical (unpaired) electrons. The molecule has 0 saturated heterocycles. The Labute approximate surface area is 119 Å². The quantitative estimate of drug-likeness (QED) is 0.876. The van der Waals surface area contributed by atoms with Gasteiger partial charge in [-0.1, -0.05) is 47.5 Å². The Balaban J connectivity index is 2.04. The lowest BCUT2D eigenvalue weighted by Crippen LogP contribution is -2.18. The van der Waals surface area contributed by atoms with E-state index in [9.17, 15) is 5.11 Å². The summed E-state index contributed by atoms with van der Waals surface area (Å²) in [6.45, 7) is 4.71. The van der Waals surface area contributed by atoms with E-state index in [0.29, 0.717) is 11.6 Å². The molecule has 0 unspecified atom stereocenters. The molecule has 0 aliphatic heterocycles. The van der Waals surface area contributed by atoms with Crippen LogP contribution in [0.15, 0.2) is 42.5 Å². The van der Waals surface area contributed by atoms with Crippen LogP contribution < -0.4 is 5.32 Å². The van der Waals surface area contributed by atoms with Crippen molar-refractivity contribution in [2.45, 2.75) is 26.4 Å². The first-order valence-electron chi connectivity index (χ1n) is 6.34. The Morgan fingerprint density at radius 1 is 1.16 bits per heavy atom. The third kappa shape index (κ3) is 3.49. The molecule has 0 aliphatic rings. The van der Waals surface area contributed by atoms with Gasteiger partial charge in [0.2, 0.25) is 0 Å². The first-order valence-corrected chi connectivity index (χ1v) is 6.72. The Bertz CT molecular complexity index is 531. The third-order valence-electron chi connectivity index (χ3n) is 3.26. The van der Waals surface area contributed by atoms with E-state index >= 15 is 0 Å². The number of rotatable bonds is 4. The molecule has 0 saturated carbocycles. The van der Waals surface area contributed by atoms with Crippen LogP contribution in [0.25, 0.3) is 0 Å². The van der Waals surface area contributed by atoms with Crippen molar-refractivity contribution in [3.8, 4) is 5.75 Å². The summed E-state index contributed by atoms with van der Waals surface area (Å²) in [5, 5.41) is 13.7. The number of hydrogen-bond acceptors (Lipinski definition) is 2. The molecular weight excluding hydrogens is 258 g/mol. The maximum absolute atomic E-state index is 9.79. The number of phenols is 1. The van der Waals surface area contributed by atoms with Crippen molar-refractivity contribution in [2.75, 3.05) is 0 Å². The van der Waals surface area contributed by atoms with Crippen molar-refractivity contribution < 1.29 is 5.11 Å². The second-order valence-corrected chi connectivity index (χ2v) is 5.16. The molecule has 2 nitrogen and oxygen atoms in total. The minimum atomic E-state index is 0.205. The molecule has 0 heterocycles. The number of aryl methyl sites for hydroxylation is 1. The molecule has 1 atom stereocenters. The number of benzene rings is 2. The topological polar surface area (TPSA) is 32.3 Å². The van der Waals surface area contributed by atoms with Gasteiger partial charge in [0, 0.05) is 23.2 Å². The predicted octanol–water partition coefficient (Wildman–Crippen LogP) is 4.20. The maximum Gasteiger partial charge on any atom is 0.121 e. The summed E-state index contributed by atoms with van der Waals surface area (Å²) >= 11 is 6.08. The summed E-state index contributed by atoms with van der Waals surface area (Å²) in [6, 6.07) is 13.8. The SMILES string of the molecule is Cc1ccc([C@@H](C)NCc2c(O)cccc2Cl)cc1. The molecular formula is C16H18ClNO. The first kappa shape index (κ1) is 13.9. The molecule has 0 fully saturated rings. The molecule has 0 aliphatic carbocycles. The molecule has 2 rings (SSSR count). The smallest absolute Gasteiger partial charge is 0.121 e. The van der Waals surface area contributed by atoms with Crippen molar-refractivity contribution in [1.29, 1.82) is 0 Å². The number of halogens is 1. The van der Waals surface area contributed by atoms with E-state index in [1.54, 1.807) is 18.2 Å². The van der Waals surface area contributed by atoms with Gasteiger partial charge in [0.25, 0.3) is 0 Å². The zero-order chi connectivity index (χ0) is 13.8. The lowest BCUT2D eigenvalue weighted by molar-refractivity contribution is 0.460. The van der Waals surface area contributed by atoms with Crippen LogP contribution in [0.5, 0.6) is 5.75 Å². The Morgan fingerprint density at radius 3 is 2.47 bits per heavy atom. The van der Waals surface area contributed by atoms with Crippen molar-refractivity contribution in [3.63, 3.8) is 0 Å². The fourth-order valence-electron chi connectivity index (χ4n) is 1.95. The lowest BCUT2D eigenvalue weighted by Gasteiger charge is -2.16. The van der Waals surface area contributed by atoms with Gasteiger partial charge in [-0.15, -0.1) is 0 Å². The highest BCUT2D eigenvalue weighted by atomic mass is 35.5. The Morgan fingerprint density at radius 2 is 1.84 bits per heavy atom. The van der Waals surface area contributed by atoms with Crippen LogP contribution >= 0.6 is 11.6 Å². The number of hydrogen-bond donors (Lipinski definition) is 2. The van der Waals surface area contributed by atoms with Gasteiger partial charge in [-0.2, -0.15) is 0 Å². The van der Waals surface area contributed by atoms with Gasteiger partial charge < -0.3 is 10.4 Å². The molecule has 2 N–H and O–H groups in total. The summed E-state index contributed by atoms with van der Waals surface area (Å²) in [6.07, 6.45) is 0. The van der Waals surface area contributed by atoms with Crippen molar-refractivity contribution >= 4 is 11.6 Å². The molecule has 2 aromatic carbocycles. The first-order chi connectivity index (χ1) is 9.08. The standard InChI is InChI=1S/C16H18ClNO/c1-11-6-8-13(9-7-11)12(2)18-10-14-15(17)4-3-5-16(14)19/h3-9,12,18-19H,10H2,1-2H3/t12-/m1/s1. The third-order valence-corrected chi connectivity index (χ3v) is 3.61. The molecule has 3 heteroatoms. The van der Waals surface area contributed by atoms with Crippen LogP contribution in [0.2, 0.25) is 5.02 Å². The predicted molar refractivity (Wildman–Crippen MR) is 79.6 cm³/mol. The van der Waals surface area contributed by atoms with E-state index in [2.05, 4.69) is 43.4 Å². The summed E-state index contributed by atoms with van der Waals surface area (Å²) in [7, 11) is 0. The van der Waals surface area contributed by atoms with Gasteiger partial charge in [-0.05, 0) is 31.5 Å². The van der Waals surface area contributed by atoms with Crippen LogP contribution in [0.1, 0.15) is 29.7 Å². The second kappa shape index (κ2) is 6.09. The van der Waals surface area contributed by atoms with Crippen molar-refractivity contribution in [2.24, 2.45) is 0 Å². The summed E-state index contributed by atoms with van der Waals surface area (Å²) in [4.78, 5) is 0. The van der Waals surface area contributed by atoms with E-state index in [0.717, 1.165) is 5.56 Å². The van der Waals surface area contributed by atoms with Gasteiger partial charge in [0.15, 0.2) is 0 Å². The van der Waals surface area contributed by atoms with Crippen molar-refractivity contribution in [3.05, 3.63) is 64.2 Å². The maximum atomic E-state index is 9.79. The number of phenolic OH excluding ortho intramolecular Hbond substituents is 1. The highest BCUT2D eigenvalue weighted by molar-refractivity contribution is 6.31. The molecule has 2 aromatic rings. The molecule has 0 spiro atoms. The average Bonchev–Trinajstić information content (AvgIpc) is 2.38. The zero-order valence-electron chi connectivity index (χ0n) is 11.2. The van der Waals surface area contributed by atoms with Crippen LogP contribution in [0.4, 0.5) is 0 Å². The van der Waals surface area contributed by atoms with Gasteiger partial charge >= 0.3 is 0 Å². The Kier molecular flexibility index (Phi) is 4.46. The minimum absolute atomic E-state index is 0.205. The normalized spacial score (nSPS) is 12.4. The zero-order valence-corrected chi connectivity index (χ0v) is 11.9. The summed E-state index contributed by atoms with van der Waals surface area (Å²) < 4.78 is 0. The van der Waals surface area contributed by atoms with Gasteiger partial charge in [0.1, 0.15) is 5.75 Å². The average molecular weight is 276 g/mol. The molecule has 100 valence electrons. The van der Waals surface area contributed by atoms with Gasteiger partial charge in [-0.25, -0.2) is 0 Å². The van der Waals surface area contributed by atoms with Crippen LogP contribution in [-0.4, -0.2) is 5.11 Å². The van der Waals surface area contributed by atoms with Crippen molar-refractivity contribution in [1.82, 2.24) is 5.32 Å². The summed E-state index contributed by atoms with van der Waals surface area (Å²) in [5.74, 6) is 0.233. The highest BCUT2D eigenvalue weighted by Gasteiger charge is 2.09. The van der Waals surface area contributed by atoms with Gasteiger partial charge in [0.05, 0.1) is 0 Å². The molecule has 19 heavy (non-hydrogen) atoms. The minimum Gasteiger partial charge on any atom is -0.508 e. The van der Waals surface area contributed by atoms with E-state index in [4.69, 9.17) is 11.6 Å². The van der Waals surface area contributed by atoms with Crippen LogP contribution in [0, 0.1) is 6.92 Å². The number of aromatic hydroxyl groups is 1. The van der Waals surface area contributed by atoms with E-state index < -0.39 is 0 Å². The largest absolute Gasteiger partial charge is 0.508 e. The fourth-order valence-corrected chi connectivity index (χ4v) is 2.19. The fraction of sp³-hybridized carbons (Fsp3) is 0.250. The highest BCUT2D eigenvalue weighted by Crippen LogP contribution is 2.25. The summed E-state index contributed by atoms with van der Waals surface area (Å²) in [5.41, 5.74) is 3.21. The molecule has 0 bridgehead atoms. The van der Waals surface area contributed by atoms with E-state index in [-0.39, 0.29) is 11.8 Å². The second-order valence-electron chi connectivity index (χ2n) is 4.75. The number of nitrogens with one attached hydrogen (secondary N) is 1. The van der Waals surface area contributed by atoms with Gasteiger partial charge in [-0.3, -0.25) is 0 Å². The van der Waals surface area contributed by atoms with E-state index in [1.807, 2.05) is 0 Å².